The second-order valence-corrected chi connectivity index (χ2v) is 6.67. The van der Waals surface area contributed by atoms with E-state index in [-0.39, 0.29) is 36.7 Å². The van der Waals surface area contributed by atoms with Gasteiger partial charge >= 0.3 is 0 Å². The minimum atomic E-state index is -0.710. The van der Waals surface area contributed by atoms with E-state index in [1.54, 1.807) is 24.3 Å². The van der Waals surface area contributed by atoms with Crippen LogP contribution in [0.4, 0.5) is 0 Å². The Balaban J connectivity index is 2.45. The Bertz CT molecular complexity index is 687. The Morgan fingerprint density at radius 1 is 1.04 bits per heavy atom. The van der Waals surface area contributed by atoms with Gasteiger partial charge in [-0.05, 0) is 18.0 Å². The first kappa shape index (κ1) is 23.1. The summed E-state index contributed by atoms with van der Waals surface area (Å²) >= 11 is 0. The average molecular weight is 390 g/mol. The topological polar surface area (TPSA) is 149 Å². The van der Waals surface area contributed by atoms with Gasteiger partial charge in [-0.15, -0.1) is 0 Å². The lowest BCUT2D eigenvalue weighted by molar-refractivity contribution is -0.131. The summed E-state index contributed by atoms with van der Waals surface area (Å²) in [5.41, 5.74) is 6.85. The van der Waals surface area contributed by atoms with Gasteiger partial charge in [0.05, 0.1) is 13.1 Å². The molecule has 0 aliphatic heterocycles. The summed E-state index contributed by atoms with van der Waals surface area (Å²) in [4.78, 5) is 36.1. The zero-order chi connectivity index (χ0) is 21.1. The summed E-state index contributed by atoms with van der Waals surface area (Å²) in [5.74, 6) is -1.15. The third kappa shape index (κ3) is 8.17. The van der Waals surface area contributed by atoms with Crippen LogP contribution in [0, 0.1) is 11.3 Å². The van der Waals surface area contributed by atoms with Gasteiger partial charge in [-0.3, -0.25) is 19.8 Å². The molecule has 0 aliphatic carbocycles. The first-order chi connectivity index (χ1) is 13.2. The largest absolute Gasteiger partial charge is 0.384 e. The SMILES string of the molecule is CCNCC(=O)NC(C(=O)NCC(=O)NCc1ccc(C(=N)N)cc1)C(C)C. The molecule has 0 saturated heterocycles. The fraction of sp³-hybridized carbons (Fsp3) is 0.474. The fourth-order valence-electron chi connectivity index (χ4n) is 2.34. The van der Waals surface area contributed by atoms with Gasteiger partial charge in [-0.1, -0.05) is 45.0 Å². The molecule has 0 radical (unpaired) electrons. The highest BCUT2D eigenvalue weighted by Crippen LogP contribution is 2.04. The van der Waals surface area contributed by atoms with Gasteiger partial charge in [0, 0.05) is 12.1 Å². The van der Waals surface area contributed by atoms with Crippen molar-refractivity contribution < 1.29 is 14.4 Å². The summed E-state index contributed by atoms with van der Waals surface area (Å²) in [6.07, 6.45) is 0. The molecule has 0 saturated carbocycles. The van der Waals surface area contributed by atoms with Crippen LogP contribution in [0.25, 0.3) is 0 Å². The summed E-state index contributed by atoms with van der Waals surface area (Å²) in [5, 5.41) is 18.2. The van der Waals surface area contributed by atoms with Crippen LogP contribution in [0.3, 0.4) is 0 Å². The molecule has 28 heavy (non-hydrogen) atoms. The van der Waals surface area contributed by atoms with E-state index in [0.717, 1.165) is 5.56 Å². The third-order valence-corrected chi connectivity index (χ3v) is 3.98. The lowest BCUT2D eigenvalue weighted by Gasteiger charge is -2.21. The van der Waals surface area contributed by atoms with Crippen molar-refractivity contribution in [2.24, 2.45) is 11.7 Å². The van der Waals surface area contributed by atoms with Crippen molar-refractivity contribution in [3.63, 3.8) is 0 Å². The Morgan fingerprint density at radius 3 is 2.21 bits per heavy atom. The Kier molecular flexibility index (Phi) is 9.66. The molecule has 9 heteroatoms. The van der Waals surface area contributed by atoms with Crippen molar-refractivity contribution >= 4 is 23.6 Å². The van der Waals surface area contributed by atoms with E-state index in [9.17, 15) is 14.4 Å². The first-order valence-corrected chi connectivity index (χ1v) is 9.22. The van der Waals surface area contributed by atoms with Gasteiger partial charge in [-0.25, -0.2) is 0 Å². The number of benzene rings is 1. The fourth-order valence-corrected chi connectivity index (χ4v) is 2.34. The van der Waals surface area contributed by atoms with Crippen molar-refractivity contribution in [2.45, 2.75) is 33.4 Å². The van der Waals surface area contributed by atoms with Crippen molar-refractivity contribution in [3.05, 3.63) is 35.4 Å². The number of amides is 3. The van der Waals surface area contributed by atoms with Crippen LogP contribution < -0.4 is 27.0 Å². The van der Waals surface area contributed by atoms with Crippen molar-refractivity contribution in [2.75, 3.05) is 19.6 Å². The molecule has 1 aromatic carbocycles. The molecule has 154 valence electrons. The van der Waals surface area contributed by atoms with E-state index < -0.39 is 11.9 Å². The summed E-state index contributed by atoms with van der Waals surface area (Å²) in [6, 6.07) is 6.23. The maximum atomic E-state index is 12.3. The zero-order valence-corrected chi connectivity index (χ0v) is 16.6. The van der Waals surface area contributed by atoms with E-state index in [1.165, 1.54) is 0 Å². The Morgan fingerprint density at radius 2 is 1.68 bits per heavy atom. The average Bonchev–Trinajstić information content (AvgIpc) is 2.67. The van der Waals surface area contributed by atoms with Crippen LogP contribution in [-0.2, 0) is 20.9 Å². The standard InChI is InChI=1S/C19H30N6O3/c1-4-22-10-16(27)25-17(12(2)3)19(28)24-11-15(26)23-9-13-5-7-14(8-6-13)18(20)21/h5-8,12,17,22H,4,9-11H2,1-3H3,(H3,20,21)(H,23,26)(H,24,28)(H,25,27). The lowest BCUT2D eigenvalue weighted by atomic mass is 10.0. The minimum absolute atomic E-state index is 0.0180. The number of nitrogens with two attached hydrogens (primary N) is 1. The number of nitrogen functional groups attached to an aromatic ring is 1. The maximum Gasteiger partial charge on any atom is 0.243 e. The predicted octanol–water partition coefficient (Wildman–Crippen LogP) is -0.547. The zero-order valence-electron chi connectivity index (χ0n) is 16.6. The first-order valence-electron chi connectivity index (χ1n) is 9.22. The second-order valence-electron chi connectivity index (χ2n) is 6.67. The molecular formula is C19H30N6O3. The van der Waals surface area contributed by atoms with Crippen LogP contribution in [0.5, 0.6) is 0 Å². The van der Waals surface area contributed by atoms with Crippen molar-refractivity contribution in [3.8, 4) is 0 Å². The molecule has 0 spiro atoms. The third-order valence-electron chi connectivity index (χ3n) is 3.98. The summed E-state index contributed by atoms with van der Waals surface area (Å²) < 4.78 is 0. The van der Waals surface area contributed by atoms with Gasteiger partial charge < -0.3 is 27.0 Å². The molecular weight excluding hydrogens is 360 g/mol. The molecule has 9 nitrogen and oxygen atoms in total. The maximum absolute atomic E-state index is 12.3. The molecule has 0 bridgehead atoms. The van der Waals surface area contributed by atoms with Gasteiger partial charge in [0.1, 0.15) is 11.9 Å². The number of carbonyl (C=O) groups excluding carboxylic acids is 3. The number of carbonyl (C=O) groups is 3. The van der Waals surface area contributed by atoms with Crippen molar-refractivity contribution in [1.82, 2.24) is 21.3 Å². The van der Waals surface area contributed by atoms with Crippen LogP contribution in [0.15, 0.2) is 24.3 Å². The van der Waals surface area contributed by atoms with Crippen LogP contribution >= 0.6 is 0 Å². The molecule has 7 N–H and O–H groups in total. The van der Waals surface area contributed by atoms with E-state index in [0.29, 0.717) is 18.7 Å². The predicted molar refractivity (Wildman–Crippen MR) is 108 cm³/mol. The Labute approximate surface area is 165 Å². The molecule has 1 aromatic rings. The molecule has 1 rings (SSSR count). The number of hydrogen-bond acceptors (Lipinski definition) is 5. The smallest absolute Gasteiger partial charge is 0.243 e. The van der Waals surface area contributed by atoms with E-state index >= 15 is 0 Å². The molecule has 0 fully saturated rings. The van der Waals surface area contributed by atoms with E-state index in [4.69, 9.17) is 11.1 Å². The number of hydrogen-bond donors (Lipinski definition) is 6. The van der Waals surface area contributed by atoms with E-state index in [2.05, 4.69) is 21.3 Å². The lowest BCUT2D eigenvalue weighted by Crippen LogP contribution is -2.52. The summed E-state index contributed by atoms with van der Waals surface area (Å²) in [7, 11) is 0. The number of rotatable bonds is 11. The van der Waals surface area contributed by atoms with Crippen LogP contribution in [-0.4, -0.2) is 49.2 Å². The molecule has 1 unspecified atom stereocenters. The second kappa shape index (κ2) is 11.7. The Hall–Kier alpha value is -2.94. The molecule has 0 heterocycles. The molecule has 3 amide bonds. The molecule has 0 aromatic heterocycles. The highest BCUT2D eigenvalue weighted by Gasteiger charge is 2.24. The van der Waals surface area contributed by atoms with Crippen molar-refractivity contribution in [1.29, 1.82) is 5.41 Å². The van der Waals surface area contributed by atoms with Gasteiger partial charge in [-0.2, -0.15) is 0 Å². The molecule has 1 atom stereocenters. The van der Waals surface area contributed by atoms with Crippen LogP contribution in [0.2, 0.25) is 0 Å². The quantitative estimate of drug-likeness (QED) is 0.221. The van der Waals surface area contributed by atoms with Gasteiger partial charge in [0.15, 0.2) is 0 Å². The highest BCUT2D eigenvalue weighted by molar-refractivity contribution is 5.95. The number of nitrogens with one attached hydrogen (secondary N) is 5. The molecule has 0 aliphatic rings. The van der Waals surface area contributed by atoms with E-state index in [1.807, 2.05) is 20.8 Å². The summed E-state index contributed by atoms with van der Waals surface area (Å²) in [6.45, 7) is 6.43. The highest BCUT2D eigenvalue weighted by atomic mass is 16.2. The number of likely N-dealkylation sites (N-methyl/N-ethyl adjacent to an activating group) is 1. The van der Waals surface area contributed by atoms with Gasteiger partial charge in [0.25, 0.3) is 0 Å². The van der Waals surface area contributed by atoms with Crippen LogP contribution in [0.1, 0.15) is 31.9 Å². The normalized spacial score (nSPS) is 11.6. The monoisotopic (exact) mass is 390 g/mol. The number of amidine groups is 1. The van der Waals surface area contributed by atoms with Gasteiger partial charge in [0.2, 0.25) is 17.7 Å². The minimum Gasteiger partial charge on any atom is -0.384 e.